The topological polar surface area (TPSA) is 38.3 Å². The summed E-state index contributed by atoms with van der Waals surface area (Å²) in [6.07, 6.45) is 3.85. The zero-order valence-electron chi connectivity index (χ0n) is 10.8. The van der Waals surface area contributed by atoms with Gasteiger partial charge in [0.1, 0.15) is 5.75 Å². The average Bonchev–Trinajstić information content (AvgIpc) is 2.60. The van der Waals surface area contributed by atoms with Crippen molar-refractivity contribution in [2.45, 2.75) is 31.1 Å². The number of nitrogens with one attached hydrogen (secondary N) is 1. The van der Waals surface area contributed by atoms with Gasteiger partial charge in [-0.3, -0.25) is 4.79 Å². The molecule has 0 spiro atoms. The molecule has 1 amide bonds. The van der Waals surface area contributed by atoms with Crippen molar-refractivity contribution >= 4 is 17.7 Å². The Morgan fingerprint density at radius 1 is 1.50 bits per heavy atom. The van der Waals surface area contributed by atoms with Gasteiger partial charge in [0, 0.05) is 5.56 Å². The minimum Gasteiger partial charge on any atom is -0.493 e. The predicted octanol–water partition coefficient (Wildman–Crippen LogP) is 2.77. The molecule has 0 aliphatic carbocycles. The van der Waals surface area contributed by atoms with Crippen molar-refractivity contribution in [1.82, 2.24) is 5.32 Å². The summed E-state index contributed by atoms with van der Waals surface area (Å²) in [5.74, 6) is 1.00. The van der Waals surface area contributed by atoms with E-state index >= 15 is 0 Å². The fourth-order valence-electron chi connectivity index (χ4n) is 2.07. The Bertz CT molecular complexity index is 422. The highest BCUT2D eigenvalue weighted by molar-refractivity contribution is 7.99. The number of carbonyl (C=O) groups excluding carboxylic acids is 1. The number of amides is 1. The minimum absolute atomic E-state index is 0.0127. The van der Waals surface area contributed by atoms with Gasteiger partial charge in [-0.25, -0.2) is 0 Å². The Morgan fingerprint density at radius 3 is 3.06 bits per heavy atom. The lowest BCUT2D eigenvalue weighted by Crippen LogP contribution is -2.34. The van der Waals surface area contributed by atoms with Gasteiger partial charge < -0.3 is 10.1 Å². The van der Waals surface area contributed by atoms with E-state index in [2.05, 4.69) is 5.32 Å². The molecule has 0 radical (unpaired) electrons. The van der Waals surface area contributed by atoms with Crippen molar-refractivity contribution < 1.29 is 9.53 Å². The standard InChI is InChI=1S/C14H19NO2S/c1-10(18-2)14(16)15-12-7-5-9-17-13-8-4-3-6-11(12)13/h3-4,6,8,10,12H,5,7,9H2,1-2H3,(H,15,16)/t10-,12+/m1/s1. The van der Waals surface area contributed by atoms with E-state index in [0.29, 0.717) is 0 Å². The summed E-state index contributed by atoms with van der Waals surface area (Å²) in [6, 6.07) is 8.04. The van der Waals surface area contributed by atoms with Gasteiger partial charge in [-0.15, -0.1) is 0 Å². The molecule has 0 unspecified atom stereocenters. The van der Waals surface area contributed by atoms with E-state index in [1.54, 1.807) is 11.8 Å². The molecule has 98 valence electrons. The van der Waals surface area contributed by atoms with Crippen molar-refractivity contribution in [3.8, 4) is 5.75 Å². The van der Waals surface area contributed by atoms with Gasteiger partial charge in [0.2, 0.25) is 5.91 Å². The van der Waals surface area contributed by atoms with E-state index in [-0.39, 0.29) is 17.2 Å². The summed E-state index contributed by atoms with van der Waals surface area (Å²) >= 11 is 1.56. The van der Waals surface area contributed by atoms with Crippen LogP contribution < -0.4 is 10.1 Å². The van der Waals surface area contributed by atoms with Crippen LogP contribution in [0, 0.1) is 0 Å². The molecule has 1 aliphatic heterocycles. The van der Waals surface area contributed by atoms with Gasteiger partial charge in [0.15, 0.2) is 0 Å². The van der Waals surface area contributed by atoms with Crippen molar-refractivity contribution in [3.05, 3.63) is 29.8 Å². The van der Waals surface area contributed by atoms with Gasteiger partial charge in [0.25, 0.3) is 0 Å². The normalized spacial score (nSPS) is 20.2. The smallest absolute Gasteiger partial charge is 0.233 e. The average molecular weight is 265 g/mol. The Hall–Kier alpha value is -1.16. The van der Waals surface area contributed by atoms with Crippen molar-refractivity contribution in [1.29, 1.82) is 0 Å². The van der Waals surface area contributed by atoms with Crippen LogP contribution in [-0.4, -0.2) is 24.0 Å². The van der Waals surface area contributed by atoms with E-state index in [9.17, 15) is 4.79 Å². The molecule has 3 nitrogen and oxygen atoms in total. The van der Waals surface area contributed by atoms with Crippen molar-refractivity contribution in [2.24, 2.45) is 0 Å². The first-order valence-corrected chi connectivity index (χ1v) is 7.56. The van der Waals surface area contributed by atoms with Gasteiger partial charge in [-0.2, -0.15) is 11.8 Å². The highest BCUT2D eigenvalue weighted by atomic mass is 32.2. The highest BCUT2D eigenvalue weighted by Crippen LogP contribution is 2.31. The first-order valence-electron chi connectivity index (χ1n) is 6.27. The molecule has 1 N–H and O–H groups in total. The maximum absolute atomic E-state index is 12.0. The molecule has 0 saturated heterocycles. The van der Waals surface area contributed by atoms with Gasteiger partial charge in [-0.1, -0.05) is 18.2 Å². The van der Waals surface area contributed by atoms with Gasteiger partial charge >= 0.3 is 0 Å². The number of benzene rings is 1. The third-order valence-corrected chi connectivity index (χ3v) is 4.15. The number of hydrogen-bond acceptors (Lipinski definition) is 3. The van der Waals surface area contributed by atoms with Crippen LogP contribution in [0.2, 0.25) is 0 Å². The molecule has 1 aliphatic rings. The Morgan fingerprint density at radius 2 is 2.28 bits per heavy atom. The summed E-state index contributed by atoms with van der Waals surface area (Å²) in [5.41, 5.74) is 1.09. The fraction of sp³-hybridized carbons (Fsp3) is 0.500. The number of carbonyl (C=O) groups is 1. The Balaban J connectivity index is 2.15. The van der Waals surface area contributed by atoms with Crippen LogP contribution in [0.3, 0.4) is 0 Å². The second-order valence-electron chi connectivity index (χ2n) is 4.47. The largest absolute Gasteiger partial charge is 0.493 e. The number of rotatable bonds is 3. The number of ether oxygens (including phenoxy) is 1. The van der Waals surface area contributed by atoms with E-state index < -0.39 is 0 Å². The molecule has 0 fully saturated rings. The molecular formula is C14H19NO2S. The molecule has 2 rings (SSSR count). The molecule has 1 heterocycles. The monoisotopic (exact) mass is 265 g/mol. The highest BCUT2D eigenvalue weighted by Gasteiger charge is 2.22. The van der Waals surface area contributed by atoms with Crippen LogP contribution in [-0.2, 0) is 4.79 Å². The third-order valence-electron chi connectivity index (χ3n) is 3.23. The zero-order valence-corrected chi connectivity index (χ0v) is 11.6. The van der Waals surface area contributed by atoms with Gasteiger partial charge in [-0.05, 0) is 32.1 Å². The number of para-hydroxylation sites is 1. The quantitative estimate of drug-likeness (QED) is 0.913. The summed E-state index contributed by atoms with van der Waals surface area (Å²) in [5, 5.41) is 3.11. The lowest BCUT2D eigenvalue weighted by molar-refractivity contribution is -0.121. The van der Waals surface area contributed by atoms with Crippen LogP contribution in [0.5, 0.6) is 5.75 Å². The summed E-state index contributed by atoms with van der Waals surface area (Å²) < 4.78 is 5.69. The molecule has 1 aromatic carbocycles. The van der Waals surface area contributed by atoms with E-state index in [1.807, 2.05) is 37.4 Å². The maximum Gasteiger partial charge on any atom is 0.233 e. The van der Waals surface area contributed by atoms with E-state index in [4.69, 9.17) is 4.74 Å². The van der Waals surface area contributed by atoms with E-state index in [0.717, 1.165) is 30.8 Å². The minimum atomic E-state index is -0.0127. The number of fused-ring (bicyclic) bond motifs is 1. The van der Waals surface area contributed by atoms with Crippen molar-refractivity contribution in [2.75, 3.05) is 12.9 Å². The van der Waals surface area contributed by atoms with Gasteiger partial charge in [0.05, 0.1) is 17.9 Å². The number of thioether (sulfide) groups is 1. The molecular weight excluding hydrogens is 246 g/mol. The van der Waals surface area contributed by atoms with Crippen molar-refractivity contribution in [3.63, 3.8) is 0 Å². The number of hydrogen-bond donors (Lipinski definition) is 1. The molecule has 0 saturated carbocycles. The molecule has 1 aromatic rings. The maximum atomic E-state index is 12.0. The lowest BCUT2D eigenvalue weighted by atomic mass is 10.0. The van der Waals surface area contributed by atoms with Crippen LogP contribution in [0.25, 0.3) is 0 Å². The molecule has 4 heteroatoms. The molecule has 18 heavy (non-hydrogen) atoms. The lowest BCUT2D eigenvalue weighted by Gasteiger charge is -2.20. The third kappa shape index (κ3) is 2.99. The first-order chi connectivity index (χ1) is 8.72. The zero-order chi connectivity index (χ0) is 13.0. The Kier molecular flexibility index (Phi) is 4.53. The van der Waals surface area contributed by atoms with Crippen LogP contribution >= 0.6 is 11.8 Å². The van der Waals surface area contributed by atoms with Crippen LogP contribution in [0.15, 0.2) is 24.3 Å². The first kappa shape index (κ1) is 13.3. The molecule has 0 bridgehead atoms. The predicted molar refractivity (Wildman–Crippen MR) is 75.0 cm³/mol. The van der Waals surface area contributed by atoms with Crippen LogP contribution in [0.1, 0.15) is 31.4 Å². The molecule has 2 atom stereocenters. The summed E-state index contributed by atoms with van der Waals surface area (Å²) in [4.78, 5) is 12.0. The second kappa shape index (κ2) is 6.14. The van der Waals surface area contributed by atoms with Crippen LogP contribution in [0.4, 0.5) is 0 Å². The summed E-state index contributed by atoms with van der Waals surface area (Å²) in [7, 11) is 0. The summed E-state index contributed by atoms with van der Waals surface area (Å²) in [6.45, 7) is 2.65. The molecule has 0 aromatic heterocycles. The SMILES string of the molecule is CS[C@H](C)C(=O)N[C@H]1CCCOc2ccccc21. The van der Waals surface area contributed by atoms with E-state index in [1.165, 1.54) is 0 Å². The Labute approximate surface area is 112 Å². The second-order valence-corrected chi connectivity index (χ2v) is 5.65. The fourth-order valence-corrected chi connectivity index (χ4v) is 2.35.